The van der Waals surface area contributed by atoms with Gasteiger partial charge in [0.15, 0.2) is 5.13 Å². The molecule has 29 heavy (non-hydrogen) atoms. The predicted octanol–water partition coefficient (Wildman–Crippen LogP) is 3.67. The lowest BCUT2D eigenvalue weighted by Crippen LogP contribution is -2.36. The van der Waals surface area contributed by atoms with Crippen molar-refractivity contribution in [1.29, 1.82) is 0 Å². The van der Waals surface area contributed by atoms with Gasteiger partial charge in [0.05, 0.1) is 29.5 Å². The van der Waals surface area contributed by atoms with Gasteiger partial charge in [-0.05, 0) is 44.2 Å². The van der Waals surface area contributed by atoms with Gasteiger partial charge in [-0.15, -0.1) is 0 Å². The molecule has 0 atom stereocenters. The Morgan fingerprint density at radius 2 is 2.07 bits per heavy atom. The molecule has 2 aromatic rings. The van der Waals surface area contributed by atoms with Crippen molar-refractivity contribution in [1.82, 2.24) is 4.98 Å². The molecule has 0 unspecified atom stereocenters. The number of thiazole rings is 1. The third-order valence-electron chi connectivity index (χ3n) is 4.40. The third kappa shape index (κ3) is 5.82. The molecular weight excluding hydrogens is 384 g/mol. The highest BCUT2D eigenvalue weighted by molar-refractivity contribution is 7.16. The molecule has 154 valence electrons. The highest BCUT2D eigenvalue weighted by Crippen LogP contribution is 2.26. The largest absolute Gasteiger partial charge is 0.397 e. The summed E-state index contributed by atoms with van der Waals surface area (Å²) in [6.45, 7) is 12.2. The second-order valence-corrected chi connectivity index (χ2v) is 7.58. The van der Waals surface area contributed by atoms with Gasteiger partial charge in [0.1, 0.15) is 5.82 Å². The van der Waals surface area contributed by atoms with E-state index in [4.69, 9.17) is 10.5 Å². The molecule has 0 amide bonds. The van der Waals surface area contributed by atoms with E-state index in [-0.39, 0.29) is 0 Å². The lowest BCUT2D eigenvalue weighted by molar-refractivity contribution is 0.122. The maximum Gasteiger partial charge on any atom is 0.183 e. The second kappa shape index (κ2) is 10.1. The van der Waals surface area contributed by atoms with Crippen molar-refractivity contribution in [3.05, 3.63) is 53.3 Å². The monoisotopic (exact) mass is 412 g/mol. The Hall–Kier alpha value is -2.84. The zero-order chi connectivity index (χ0) is 20.6. The maximum absolute atomic E-state index is 6.18. The van der Waals surface area contributed by atoms with Crippen molar-refractivity contribution in [3.8, 4) is 0 Å². The number of aromatic nitrogens is 1. The van der Waals surface area contributed by atoms with Crippen molar-refractivity contribution >= 4 is 39.8 Å². The number of aliphatic imine (C=N–C) groups is 1. The number of morpholine rings is 1. The fourth-order valence-electron chi connectivity index (χ4n) is 2.95. The van der Waals surface area contributed by atoms with Crippen molar-refractivity contribution in [2.45, 2.75) is 13.8 Å². The van der Waals surface area contributed by atoms with E-state index in [2.05, 4.69) is 44.2 Å². The molecule has 1 aromatic carbocycles. The summed E-state index contributed by atoms with van der Waals surface area (Å²) in [6, 6.07) is 8.24. The SMILES string of the molecule is C=C(N=C/C=C(\N)c1sc(NCC)nc1C)Nc1ccc(N2CCOCC2)cc1. The molecule has 0 aliphatic carbocycles. The zero-order valence-corrected chi connectivity index (χ0v) is 17.8. The molecule has 7 nitrogen and oxygen atoms in total. The van der Waals surface area contributed by atoms with Crippen LogP contribution < -0.4 is 21.3 Å². The summed E-state index contributed by atoms with van der Waals surface area (Å²) in [5.74, 6) is 0.544. The first-order chi connectivity index (χ1) is 14.1. The van der Waals surface area contributed by atoms with Crippen LogP contribution in [0.25, 0.3) is 5.70 Å². The molecule has 0 bridgehead atoms. The smallest absolute Gasteiger partial charge is 0.183 e. The lowest BCUT2D eigenvalue weighted by atomic mass is 10.2. The molecule has 1 aliphatic heterocycles. The Balaban J connectivity index is 1.55. The summed E-state index contributed by atoms with van der Waals surface area (Å²) in [5.41, 5.74) is 9.86. The van der Waals surface area contributed by atoms with E-state index in [9.17, 15) is 0 Å². The molecule has 0 radical (unpaired) electrons. The number of ether oxygens (including phenoxy) is 1. The maximum atomic E-state index is 6.18. The van der Waals surface area contributed by atoms with Crippen LogP contribution in [0.5, 0.6) is 0 Å². The summed E-state index contributed by atoms with van der Waals surface area (Å²) in [7, 11) is 0. The van der Waals surface area contributed by atoms with Crippen LogP contribution >= 0.6 is 11.3 Å². The first-order valence-electron chi connectivity index (χ1n) is 9.67. The minimum atomic E-state index is 0.544. The van der Waals surface area contributed by atoms with E-state index in [0.29, 0.717) is 11.5 Å². The van der Waals surface area contributed by atoms with Gasteiger partial charge in [-0.2, -0.15) is 0 Å². The average Bonchev–Trinajstić information content (AvgIpc) is 3.10. The Kier molecular flexibility index (Phi) is 7.26. The molecule has 1 saturated heterocycles. The van der Waals surface area contributed by atoms with Crippen LogP contribution in [0.1, 0.15) is 17.5 Å². The van der Waals surface area contributed by atoms with Crippen LogP contribution in [0.15, 0.2) is 47.7 Å². The van der Waals surface area contributed by atoms with Gasteiger partial charge in [-0.3, -0.25) is 0 Å². The number of nitrogens with zero attached hydrogens (tertiary/aromatic N) is 3. The van der Waals surface area contributed by atoms with E-state index >= 15 is 0 Å². The number of benzene rings is 1. The summed E-state index contributed by atoms with van der Waals surface area (Å²) in [4.78, 5) is 12.1. The quantitative estimate of drug-likeness (QED) is 0.574. The van der Waals surface area contributed by atoms with E-state index in [1.165, 1.54) is 17.0 Å². The van der Waals surface area contributed by atoms with Crippen LogP contribution in [0.3, 0.4) is 0 Å². The van der Waals surface area contributed by atoms with Crippen LogP contribution in [0.2, 0.25) is 0 Å². The summed E-state index contributed by atoms with van der Waals surface area (Å²) in [5, 5.41) is 7.27. The fraction of sp³-hybridized carbons (Fsp3) is 0.333. The Morgan fingerprint density at radius 3 is 2.76 bits per heavy atom. The molecule has 0 spiro atoms. The van der Waals surface area contributed by atoms with Gasteiger partial charge < -0.3 is 26.0 Å². The Labute approximate surface area is 176 Å². The number of nitrogens with one attached hydrogen (secondary N) is 2. The Morgan fingerprint density at radius 1 is 1.34 bits per heavy atom. The molecule has 1 aromatic heterocycles. The molecule has 4 N–H and O–H groups in total. The fourth-order valence-corrected chi connectivity index (χ4v) is 3.92. The number of aryl methyl sites for hydroxylation is 1. The number of anilines is 3. The molecule has 2 heterocycles. The van der Waals surface area contributed by atoms with Crippen LogP contribution in [0, 0.1) is 6.92 Å². The van der Waals surface area contributed by atoms with E-state index in [0.717, 1.165) is 54.2 Å². The molecule has 1 aliphatic rings. The molecule has 3 rings (SSSR count). The number of hydrogen-bond donors (Lipinski definition) is 3. The topological polar surface area (TPSA) is 87.8 Å². The van der Waals surface area contributed by atoms with Gasteiger partial charge in [-0.1, -0.05) is 17.9 Å². The van der Waals surface area contributed by atoms with Crippen LogP contribution in [0.4, 0.5) is 16.5 Å². The molecule has 8 heteroatoms. The van der Waals surface area contributed by atoms with E-state index in [1.54, 1.807) is 12.3 Å². The second-order valence-electron chi connectivity index (χ2n) is 6.58. The van der Waals surface area contributed by atoms with Gasteiger partial charge >= 0.3 is 0 Å². The first kappa shape index (κ1) is 20.9. The molecule has 0 saturated carbocycles. The first-order valence-corrected chi connectivity index (χ1v) is 10.5. The minimum absolute atomic E-state index is 0.544. The van der Waals surface area contributed by atoms with Gasteiger partial charge in [0, 0.05) is 37.2 Å². The number of allylic oxidation sites excluding steroid dienone is 1. The van der Waals surface area contributed by atoms with Crippen LogP contribution in [-0.2, 0) is 4.74 Å². The van der Waals surface area contributed by atoms with Crippen molar-refractivity contribution in [3.63, 3.8) is 0 Å². The lowest BCUT2D eigenvalue weighted by Gasteiger charge is -2.28. The van der Waals surface area contributed by atoms with Crippen LogP contribution in [-0.4, -0.2) is 44.0 Å². The average molecular weight is 413 g/mol. The minimum Gasteiger partial charge on any atom is -0.397 e. The zero-order valence-electron chi connectivity index (χ0n) is 16.9. The number of nitrogens with two attached hydrogens (primary N) is 1. The van der Waals surface area contributed by atoms with E-state index in [1.807, 2.05) is 26.0 Å². The Bertz CT molecular complexity index is 881. The highest BCUT2D eigenvalue weighted by Gasteiger charge is 2.11. The van der Waals surface area contributed by atoms with Gasteiger partial charge in [-0.25, -0.2) is 9.98 Å². The normalized spacial score (nSPS) is 15.0. The predicted molar refractivity (Wildman–Crippen MR) is 124 cm³/mol. The van der Waals surface area contributed by atoms with Crippen molar-refractivity contribution in [2.24, 2.45) is 10.7 Å². The highest BCUT2D eigenvalue weighted by atomic mass is 32.1. The molecular formula is C21H28N6OS. The third-order valence-corrected chi connectivity index (χ3v) is 5.57. The van der Waals surface area contributed by atoms with Crippen molar-refractivity contribution < 1.29 is 4.74 Å². The summed E-state index contributed by atoms with van der Waals surface area (Å²) in [6.07, 6.45) is 3.42. The molecule has 1 fully saturated rings. The summed E-state index contributed by atoms with van der Waals surface area (Å²) < 4.78 is 5.40. The standard InChI is InChI=1S/C21H28N6OS/c1-4-23-21-25-15(2)20(29-21)19(22)9-10-24-16(3)26-17-5-7-18(8-6-17)27-11-13-28-14-12-27/h5-10,26H,3-4,11-14,22H2,1-2H3,(H,23,25)/b19-9-,24-10?. The van der Waals surface area contributed by atoms with Gasteiger partial charge in [0.25, 0.3) is 0 Å². The van der Waals surface area contributed by atoms with Gasteiger partial charge in [0.2, 0.25) is 0 Å². The van der Waals surface area contributed by atoms with E-state index < -0.39 is 0 Å². The van der Waals surface area contributed by atoms with Crippen molar-refractivity contribution in [2.75, 3.05) is 48.4 Å². The number of hydrogen-bond acceptors (Lipinski definition) is 8. The number of rotatable bonds is 8. The summed E-state index contributed by atoms with van der Waals surface area (Å²) >= 11 is 1.54.